The number of benzene rings is 2. The first-order valence-corrected chi connectivity index (χ1v) is 7.19. The van der Waals surface area contributed by atoms with Crippen LogP contribution < -0.4 is 0 Å². The lowest BCUT2D eigenvalue weighted by molar-refractivity contribution is -0.394. The van der Waals surface area contributed by atoms with E-state index in [0.29, 0.717) is 5.56 Å². The van der Waals surface area contributed by atoms with E-state index in [1.165, 1.54) is 18.2 Å². The summed E-state index contributed by atoms with van der Waals surface area (Å²) >= 11 is 0. The monoisotopic (exact) mass is 338 g/mol. The molecule has 0 bridgehead atoms. The second-order valence-electron chi connectivity index (χ2n) is 5.42. The molecule has 1 aliphatic rings. The number of hydrogen-bond acceptors (Lipinski definition) is 6. The molecule has 0 N–H and O–H groups in total. The highest BCUT2D eigenvalue weighted by molar-refractivity contribution is 6.51. The van der Waals surface area contributed by atoms with Gasteiger partial charge >= 0.3 is 0 Å². The van der Waals surface area contributed by atoms with Crippen molar-refractivity contribution in [3.05, 3.63) is 85.0 Å². The molecule has 8 nitrogen and oxygen atoms in total. The molecule has 0 aromatic heterocycles. The van der Waals surface area contributed by atoms with E-state index >= 15 is 0 Å². The molecule has 8 heteroatoms. The van der Waals surface area contributed by atoms with Gasteiger partial charge in [0, 0.05) is 29.2 Å². The van der Waals surface area contributed by atoms with Gasteiger partial charge in [-0.1, -0.05) is 24.3 Å². The van der Waals surface area contributed by atoms with Crippen molar-refractivity contribution in [1.82, 2.24) is 0 Å². The number of rotatable bonds is 4. The van der Waals surface area contributed by atoms with E-state index in [2.05, 4.69) is 0 Å². The molecule has 1 aliphatic carbocycles. The van der Waals surface area contributed by atoms with Gasteiger partial charge in [-0.15, -0.1) is 0 Å². The first-order chi connectivity index (χ1) is 11.9. The minimum atomic E-state index is -0.744. The Bertz CT molecular complexity index is 977. The molecule has 124 valence electrons. The molecule has 0 unspecified atom stereocenters. The average molecular weight is 338 g/mol. The van der Waals surface area contributed by atoms with Crippen LogP contribution in [0.4, 0.5) is 11.4 Å². The highest BCUT2D eigenvalue weighted by Crippen LogP contribution is 2.29. The summed E-state index contributed by atoms with van der Waals surface area (Å²) in [4.78, 5) is 44.9. The van der Waals surface area contributed by atoms with Gasteiger partial charge in [0.2, 0.25) is 11.6 Å². The van der Waals surface area contributed by atoms with Crippen molar-refractivity contribution in [2.75, 3.05) is 0 Å². The number of ketones is 2. The van der Waals surface area contributed by atoms with Gasteiger partial charge in [0.15, 0.2) is 0 Å². The van der Waals surface area contributed by atoms with E-state index in [-0.39, 0.29) is 23.1 Å². The van der Waals surface area contributed by atoms with Gasteiger partial charge in [-0.3, -0.25) is 29.8 Å². The summed E-state index contributed by atoms with van der Waals surface area (Å²) < 4.78 is 0. The van der Waals surface area contributed by atoms with Crippen LogP contribution in [-0.2, 0) is 11.2 Å². The second-order valence-corrected chi connectivity index (χ2v) is 5.42. The SMILES string of the molecule is O=C1C(=O)c2ccccc2C=C1Cc1ccc([N+](=O)[O-])cc1[N+](=O)[O-]. The molecule has 0 amide bonds. The molecule has 0 fully saturated rings. The van der Waals surface area contributed by atoms with Gasteiger partial charge in [0.25, 0.3) is 11.4 Å². The number of allylic oxidation sites excluding steroid dienone is 1. The predicted molar refractivity (Wildman–Crippen MR) is 87.2 cm³/mol. The number of nitro groups is 2. The van der Waals surface area contributed by atoms with Crippen LogP contribution in [0.3, 0.4) is 0 Å². The van der Waals surface area contributed by atoms with Crippen molar-refractivity contribution in [2.45, 2.75) is 6.42 Å². The molecule has 0 radical (unpaired) electrons. The molecule has 0 atom stereocenters. The summed E-state index contributed by atoms with van der Waals surface area (Å²) in [5, 5.41) is 22.0. The molecule has 25 heavy (non-hydrogen) atoms. The van der Waals surface area contributed by atoms with Crippen LogP contribution in [0.15, 0.2) is 48.0 Å². The lowest BCUT2D eigenvalue weighted by Crippen LogP contribution is -2.22. The van der Waals surface area contributed by atoms with Gasteiger partial charge in [-0.25, -0.2) is 0 Å². The molecular formula is C17H10N2O6. The van der Waals surface area contributed by atoms with Crippen molar-refractivity contribution >= 4 is 29.0 Å². The van der Waals surface area contributed by atoms with Crippen molar-refractivity contribution in [1.29, 1.82) is 0 Å². The largest absolute Gasteiger partial charge is 0.285 e. The molecular weight excluding hydrogens is 328 g/mol. The minimum Gasteiger partial charge on any atom is -0.285 e. The third-order valence-corrected chi connectivity index (χ3v) is 3.89. The maximum atomic E-state index is 12.3. The molecule has 0 saturated carbocycles. The third-order valence-electron chi connectivity index (χ3n) is 3.89. The van der Waals surface area contributed by atoms with E-state index in [1.54, 1.807) is 18.2 Å². The Balaban J connectivity index is 2.04. The zero-order chi connectivity index (χ0) is 18.1. The smallest absolute Gasteiger partial charge is 0.279 e. The number of carbonyl (C=O) groups is 2. The van der Waals surface area contributed by atoms with Crippen molar-refractivity contribution in [2.24, 2.45) is 0 Å². The number of Topliss-reactive ketones (excluding diaryl/α,β-unsaturated/α-hetero) is 2. The number of nitrogens with zero attached hydrogens (tertiary/aromatic N) is 2. The van der Waals surface area contributed by atoms with E-state index < -0.39 is 32.8 Å². The Labute approximate surface area is 140 Å². The quantitative estimate of drug-likeness (QED) is 0.480. The van der Waals surface area contributed by atoms with Crippen LogP contribution in [0.2, 0.25) is 0 Å². The van der Waals surface area contributed by atoms with Crippen molar-refractivity contribution in [3.8, 4) is 0 Å². The summed E-state index contributed by atoms with van der Waals surface area (Å²) in [5.41, 5.74) is 0.208. The maximum Gasteiger partial charge on any atom is 0.279 e. The van der Waals surface area contributed by atoms with Gasteiger partial charge < -0.3 is 0 Å². The van der Waals surface area contributed by atoms with Gasteiger partial charge in [0.1, 0.15) is 0 Å². The van der Waals surface area contributed by atoms with Crippen LogP contribution >= 0.6 is 0 Å². The Hall–Kier alpha value is -3.68. The van der Waals surface area contributed by atoms with Gasteiger partial charge in [-0.05, 0) is 17.7 Å². The predicted octanol–water partition coefficient (Wildman–Crippen LogP) is 2.89. The van der Waals surface area contributed by atoms with Crippen molar-refractivity contribution < 1.29 is 19.4 Å². The van der Waals surface area contributed by atoms with Gasteiger partial charge in [-0.2, -0.15) is 0 Å². The topological polar surface area (TPSA) is 120 Å². The van der Waals surface area contributed by atoms with E-state index in [0.717, 1.165) is 12.1 Å². The van der Waals surface area contributed by atoms with Crippen LogP contribution in [0, 0.1) is 20.2 Å². The van der Waals surface area contributed by atoms with E-state index in [9.17, 15) is 29.8 Å². The van der Waals surface area contributed by atoms with E-state index in [4.69, 9.17) is 0 Å². The lowest BCUT2D eigenvalue weighted by Gasteiger charge is -2.14. The molecule has 0 spiro atoms. The molecule has 2 aromatic rings. The zero-order valence-electron chi connectivity index (χ0n) is 12.7. The number of hydrogen-bond donors (Lipinski definition) is 0. The summed E-state index contributed by atoms with van der Waals surface area (Å²) in [6.45, 7) is 0. The van der Waals surface area contributed by atoms with Crippen molar-refractivity contribution in [3.63, 3.8) is 0 Å². The molecule has 3 rings (SSSR count). The van der Waals surface area contributed by atoms with Crippen LogP contribution in [-0.4, -0.2) is 21.4 Å². The normalized spacial score (nSPS) is 13.2. The average Bonchev–Trinajstić information content (AvgIpc) is 2.59. The van der Waals surface area contributed by atoms with Crippen LogP contribution in [0.25, 0.3) is 6.08 Å². The highest BCUT2D eigenvalue weighted by Gasteiger charge is 2.29. The van der Waals surface area contributed by atoms with Gasteiger partial charge in [0.05, 0.1) is 15.9 Å². The summed E-state index contributed by atoms with van der Waals surface area (Å²) in [7, 11) is 0. The minimum absolute atomic E-state index is 0.112. The number of carbonyl (C=O) groups excluding carboxylic acids is 2. The fourth-order valence-corrected chi connectivity index (χ4v) is 2.67. The number of non-ortho nitro benzene ring substituents is 1. The van der Waals surface area contributed by atoms with E-state index in [1.807, 2.05) is 0 Å². The standard InChI is InChI=1S/C17H10N2O6/c20-16-12(7-10-3-1-2-4-14(10)17(16)21)8-11-5-6-13(18(22)23)9-15(11)19(24)25/h1-7,9H,8H2. The fraction of sp³-hybridized carbons (Fsp3) is 0.0588. The molecule has 0 saturated heterocycles. The second kappa shape index (κ2) is 6.08. The Kier molecular flexibility index (Phi) is 3.94. The Morgan fingerprint density at radius 2 is 1.60 bits per heavy atom. The first-order valence-electron chi connectivity index (χ1n) is 7.19. The first kappa shape index (κ1) is 16.2. The summed E-state index contributed by atoms with van der Waals surface area (Å²) in [6.07, 6.45) is 1.36. The molecule has 0 heterocycles. The maximum absolute atomic E-state index is 12.3. The lowest BCUT2D eigenvalue weighted by atomic mass is 9.87. The van der Waals surface area contributed by atoms with Crippen LogP contribution in [0.1, 0.15) is 21.5 Å². The number of nitro benzene ring substituents is 2. The zero-order valence-corrected chi connectivity index (χ0v) is 12.7. The molecule has 0 aliphatic heterocycles. The summed E-state index contributed by atoms with van der Waals surface area (Å²) in [5.74, 6) is -1.40. The number of fused-ring (bicyclic) bond motifs is 1. The third kappa shape index (κ3) is 2.92. The fourth-order valence-electron chi connectivity index (χ4n) is 2.67. The Morgan fingerprint density at radius 3 is 2.28 bits per heavy atom. The highest BCUT2D eigenvalue weighted by atomic mass is 16.6. The molecule has 2 aromatic carbocycles. The van der Waals surface area contributed by atoms with Crippen LogP contribution in [0.5, 0.6) is 0 Å². The summed E-state index contributed by atoms with van der Waals surface area (Å²) in [6, 6.07) is 9.77. The Morgan fingerprint density at radius 1 is 0.880 bits per heavy atom.